The van der Waals surface area contributed by atoms with Crippen LogP contribution in [0.5, 0.6) is 0 Å². The fourth-order valence-electron chi connectivity index (χ4n) is 3.91. The lowest BCUT2D eigenvalue weighted by molar-refractivity contribution is -0.137. The maximum Gasteiger partial charge on any atom is 0.416 e. The highest BCUT2D eigenvalue weighted by Gasteiger charge is 2.34. The Morgan fingerprint density at radius 3 is 2.36 bits per heavy atom. The minimum atomic E-state index is -4.47. The normalized spacial score (nSPS) is 15.6. The number of aryl methyl sites for hydroxylation is 1. The molecule has 11 heteroatoms. The number of rotatable bonds is 5. The lowest BCUT2D eigenvalue weighted by Gasteiger charge is -2.25. The van der Waals surface area contributed by atoms with Crippen molar-refractivity contribution in [1.82, 2.24) is 14.5 Å². The zero-order valence-corrected chi connectivity index (χ0v) is 20.2. The first kappa shape index (κ1) is 25.3. The number of nitrogens with zero attached hydrogens (tertiary/aromatic N) is 4. The summed E-state index contributed by atoms with van der Waals surface area (Å²) in [6.07, 6.45) is -2.10. The first-order chi connectivity index (χ1) is 17.0. The highest BCUT2D eigenvalue weighted by Crippen LogP contribution is 2.34. The Bertz CT molecular complexity index is 1290. The molecular formula is C25H23ClF3N5O2. The SMILES string of the molecule is CN(CC(=O)N1N=C(c2cccn2C)C[C@H]1c1ccc(Cl)cc1)C(=O)Nc1ccc(C(F)(F)F)cc1. The standard InChI is InChI=1S/C25H23ClF3N5O2/c1-32-13-3-4-21(32)20-14-22(16-5-9-18(26)10-6-16)34(31-20)23(35)15-33(2)24(36)30-19-11-7-17(8-12-19)25(27,28)29/h3-13,22H,14-15H2,1-2H3,(H,30,36)/t22-/m0/s1. The second kappa shape index (κ2) is 10.1. The first-order valence-corrected chi connectivity index (χ1v) is 11.4. The minimum absolute atomic E-state index is 0.177. The van der Waals surface area contributed by atoms with Crippen LogP contribution in [0, 0.1) is 0 Å². The number of benzene rings is 2. The van der Waals surface area contributed by atoms with Gasteiger partial charge in [0, 0.05) is 37.4 Å². The fourth-order valence-corrected chi connectivity index (χ4v) is 4.04. The zero-order chi connectivity index (χ0) is 26.0. The van der Waals surface area contributed by atoms with Crippen LogP contribution < -0.4 is 5.32 Å². The van der Waals surface area contributed by atoms with Crippen molar-refractivity contribution >= 4 is 34.9 Å². The van der Waals surface area contributed by atoms with E-state index in [1.54, 1.807) is 12.1 Å². The number of urea groups is 1. The molecular weight excluding hydrogens is 495 g/mol. The van der Waals surface area contributed by atoms with Crippen molar-refractivity contribution < 1.29 is 22.8 Å². The molecule has 36 heavy (non-hydrogen) atoms. The number of nitrogens with one attached hydrogen (secondary N) is 1. The second-order valence-electron chi connectivity index (χ2n) is 8.42. The van der Waals surface area contributed by atoms with Crippen molar-refractivity contribution in [2.24, 2.45) is 12.1 Å². The summed E-state index contributed by atoms with van der Waals surface area (Å²) in [4.78, 5) is 27.0. The largest absolute Gasteiger partial charge is 0.416 e. The summed E-state index contributed by atoms with van der Waals surface area (Å²) in [5, 5.41) is 9.02. The van der Waals surface area contributed by atoms with Crippen LogP contribution in [0.15, 0.2) is 72.0 Å². The Hall–Kier alpha value is -3.79. The third-order valence-corrected chi connectivity index (χ3v) is 6.09. The van der Waals surface area contributed by atoms with E-state index in [4.69, 9.17) is 11.6 Å². The smallest absolute Gasteiger partial charge is 0.350 e. The van der Waals surface area contributed by atoms with Gasteiger partial charge in [-0.1, -0.05) is 23.7 Å². The van der Waals surface area contributed by atoms with E-state index in [1.807, 2.05) is 42.1 Å². The van der Waals surface area contributed by atoms with Crippen LogP contribution in [0.3, 0.4) is 0 Å². The monoisotopic (exact) mass is 517 g/mol. The van der Waals surface area contributed by atoms with Gasteiger partial charge in [0.25, 0.3) is 5.91 Å². The molecule has 1 aliphatic rings. The maximum absolute atomic E-state index is 13.3. The number of halogens is 4. The van der Waals surface area contributed by atoms with E-state index < -0.39 is 23.7 Å². The number of hydrazone groups is 1. The number of aromatic nitrogens is 1. The summed E-state index contributed by atoms with van der Waals surface area (Å²) in [7, 11) is 3.31. The summed E-state index contributed by atoms with van der Waals surface area (Å²) in [6.45, 7) is -0.291. The number of carbonyl (C=O) groups excluding carboxylic acids is 2. The molecule has 0 saturated carbocycles. The lowest BCUT2D eigenvalue weighted by Crippen LogP contribution is -2.41. The molecule has 0 aliphatic carbocycles. The molecule has 3 aromatic rings. The summed E-state index contributed by atoms with van der Waals surface area (Å²) in [6, 6.07) is 14.0. The Balaban J connectivity index is 1.48. The number of anilines is 1. The van der Waals surface area contributed by atoms with Gasteiger partial charge in [-0.2, -0.15) is 18.3 Å². The molecule has 0 unspecified atom stereocenters. The van der Waals surface area contributed by atoms with Gasteiger partial charge in [0.15, 0.2) is 0 Å². The Kier molecular flexibility index (Phi) is 7.07. The molecule has 0 bridgehead atoms. The number of likely N-dealkylation sites (N-methyl/N-ethyl adjacent to an activating group) is 1. The highest BCUT2D eigenvalue weighted by atomic mass is 35.5. The van der Waals surface area contributed by atoms with Crippen LogP contribution in [-0.4, -0.2) is 45.7 Å². The van der Waals surface area contributed by atoms with Gasteiger partial charge in [-0.25, -0.2) is 9.80 Å². The Labute approximate surface area is 210 Å². The van der Waals surface area contributed by atoms with E-state index >= 15 is 0 Å². The third-order valence-electron chi connectivity index (χ3n) is 5.84. The van der Waals surface area contributed by atoms with Crippen molar-refractivity contribution in [1.29, 1.82) is 0 Å². The minimum Gasteiger partial charge on any atom is -0.350 e. The van der Waals surface area contributed by atoms with Gasteiger partial charge in [0.05, 0.1) is 23.0 Å². The number of carbonyl (C=O) groups is 2. The molecule has 0 fully saturated rings. The molecule has 2 aromatic carbocycles. The molecule has 2 heterocycles. The molecule has 4 rings (SSSR count). The summed E-state index contributed by atoms with van der Waals surface area (Å²) >= 11 is 6.03. The van der Waals surface area contributed by atoms with Crippen LogP contribution in [0.25, 0.3) is 0 Å². The third kappa shape index (κ3) is 5.54. The van der Waals surface area contributed by atoms with Crippen molar-refractivity contribution in [3.8, 4) is 0 Å². The van der Waals surface area contributed by atoms with Crippen LogP contribution in [0.2, 0.25) is 5.02 Å². The number of hydrogen-bond acceptors (Lipinski definition) is 3. The first-order valence-electron chi connectivity index (χ1n) is 11.0. The molecule has 3 amide bonds. The molecule has 1 aromatic heterocycles. The molecule has 0 saturated heterocycles. The van der Waals surface area contributed by atoms with E-state index in [9.17, 15) is 22.8 Å². The van der Waals surface area contributed by atoms with E-state index in [-0.39, 0.29) is 18.3 Å². The predicted molar refractivity (Wildman–Crippen MR) is 131 cm³/mol. The van der Waals surface area contributed by atoms with Crippen LogP contribution in [0.4, 0.5) is 23.7 Å². The van der Waals surface area contributed by atoms with Gasteiger partial charge >= 0.3 is 12.2 Å². The van der Waals surface area contributed by atoms with E-state index in [2.05, 4.69) is 10.4 Å². The molecule has 0 spiro atoms. The highest BCUT2D eigenvalue weighted by molar-refractivity contribution is 6.30. The van der Waals surface area contributed by atoms with Crippen molar-refractivity contribution in [2.75, 3.05) is 18.9 Å². The van der Waals surface area contributed by atoms with Gasteiger partial charge in [0.2, 0.25) is 0 Å². The van der Waals surface area contributed by atoms with Crippen molar-refractivity contribution in [3.63, 3.8) is 0 Å². The van der Waals surface area contributed by atoms with Gasteiger partial charge in [-0.3, -0.25) is 4.79 Å². The number of amides is 3. The fraction of sp³-hybridized carbons (Fsp3) is 0.240. The summed E-state index contributed by atoms with van der Waals surface area (Å²) in [5.41, 5.74) is 1.80. The van der Waals surface area contributed by atoms with Crippen LogP contribution in [0.1, 0.15) is 29.3 Å². The lowest BCUT2D eigenvalue weighted by atomic mass is 10.0. The van der Waals surface area contributed by atoms with Gasteiger partial charge in [-0.15, -0.1) is 0 Å². The molecule has 1 N–H and O–H groups in total. The van der Waals surface area contributed by atoms with Gasteiger partial charge < -0.3 is 14.8 Å². The molecule has 1 atom stereocenters. The molecule has 7 nitrogen and oxygen atoms in total. The predicted octanol–water partition coefficient (Wildman–Crippen LogP) is 5.54. The van der Waals surface area contributed by atoms with Crippen molar-refractivity contribution in [2.45, 2.75) is 18.6 Å². The second-order valence-corrected chi connectivity index (χ2v) is 8.86. The average molecular weight is 518 g/mol. The molecule has 188 valence electrons. The van der Waals surface area contributed by atoms with Crippen molar-refractivity contribution in [3.05, 3.63) is 88.7 Å². The Morgan fingerprint density at radius 2 is 1.78 bits per heavy atom. The van der Waals surface area contributed by atoms with Crippen LogP contribution in [-0.2, 0) is 18.0 Å². The number of alkyl halides is 3. The summed E-state index contributed by atoms with van der Waals surface area (Å²) < 4.78 is 40.2. The zero-order valence-electron chi connectivity index (χ0n) is 19.5. The topological polar surface area (TPSA) is 69.9 Å². The van der Waals surface area contributed by atoms with Crippen LogP contribution >= 0.6 is 11.6 Å². The molecule has 0 radical (unpaired) electrons. The quantitative estimate of drug-likeness (QED) is 0.483. The maximum atomic E-state index is 13.3. The summed E-state index contributed by atoms with van der Waals surface area (Å²) in [5.74, 6) is -0.413. The molecule has 1 aliphatic heterocycles. The average Bonchev–Trinajstić information content (AvgIpc) is 3.45. The van der Waals surface area contributed by atoms with Gasteiger partial charge in [0.1, 0.15) is 6.54 Å². The number of hydrogen-bond donors (Lipinski definition) is 1. The van der Waals surface area contributed by atoms with E-state index in [0.717, 1.165) is 46.1 Å². The van der Waals surface area contributed by atoms with Gasteiger partial charge in [-0.05, 0) is 54.1 Å². The Morgan fingerprint density at radius 1 is 1.11 bits per heavy atom. The van der Waals surface area contributed by atoms with E-state index in [1.165, 1.54) is 12.1 Å². The van der Waals surface area contributed by atoms with E-state index in [0.29, 0.717) is 11.4 Å².